The van der Waals surface area contributed by atoms with E-state index in [1.54, 1.807) is 24.3 Å². The molecule has 2 fully saturated rings. The van der Waals surface area contributed by atoms with Crippen LogP contribution in [-0.2, 0) is 4.79 Å². The summed E-state index contributed by atoms with van der Waals surface area (Å²) < 4.78 is 27.1. The molecule has 2 aromatic carbocycles. The summed E-state index contributed by atoms with van der Waals surface area (Å²) in [4.78, 5) is 17.9. The standard InChI is InChI=1S/C27H32F2N2O/c28-23-11-7-21(8-12-23)25(22-9-13-24(29)14-10-22)15-16-26(30-17-3-1-4-18-30)27(32)31-19-5-2-6-20-31/h7-15,26H,1-6,16-20H2. The summed E-state index contributed by atoms with van der Waals surface area (Å²) in [6.45, 7) is 3.58. The van der Waals surface area contributed by atoms with Crippen molar-refractivity contribution in [2.24, 2.45) is 0 Å². The molecule has 1 atom stereocenters. The number of carbonyl (C=O) groups excluding carboxylic acids is 1. The van der Waals surface area contributed by atoms with Crippen LogP contribution in [0.25, 0.3) is 5.57 Å². The molecule has 4 rings (SSSR count). The fourth-order valence-electron chi connectivity index (χ4n) is 4.85. The van der Waals surface area contributed by atoms with Crippen molar-refractivity contribution >= 4 is 11.5 Å². The first-order valence-corrected chi connectivity index (χ1v) is 11.9. The second-order valence-electron chi connectivity index (χ2n) is 8.87. The van der Waals surface area contributed by atoms with Gasteiger partial charge in [-0.1, -0.05) is 36.8 Å². The van der Waals surface area contributed by atoms with Gasteiger partial charge >= 0.3 is 0 Å². The van der Waals surface area contributed by atoms with E-state index in [9.17, 15) is 13.6 Å². The van der Waals surface area contributed by atoms with Gasteiger partial charge in [0.15, 0.2) is 0 Å². The van der Waals surface area contributed by atoms with Gasteiger partial charge in [0.05, 0.1) is 6.04 Å². The molecule has 2 saturated heterocycles. The molecule has 0 bridgehead atoms. The molecule has 170 valence electrons. The summed E-state index contributed by atoms with van der Waals surface area (Å²) >= 11 is 0. The first-order valence-electron chi connectivity index (χ1n) is 11.9. The van der Waals surface area contributed by atoms with Crippen LogP contribution in [0.2, 0.25) is 0 Å². The van der Waals surface area contributed by atoms with Crippen LogP contribution >= 0.6 is 0 Å². The van der Waals surface area contributed by atoms with Gasteiger partial charge in [0.25, 0.3) is 0 Å². The van der Waals surface area contributed by atoms with Gasteiger partial charge in [0, 0.05) is 13.1 Å². The summed E-state index contributed by atoms with van der Waals surface area (Å²) in [5, 5.41) is 0. The fraction of sp³-hybridized carbons (Fsp3) is 0.444. The van der Waals surface area contributed by atoms with Gasteiger partial charge in [0.1, 0.15) is 11.6 Å². The number of piperidine rings is 2. The van der Waals surface area contributed by atoms with Crippen molar-refractivity contribution in [2.45, 2.75) is 51.0 Å². The van der Waals surface area contributed by atoms with Gasteiger partial charge in [-0.25, -0.2) is 8.78 Å². The Labute approximate surface area is 189 Å². The van der Waals surface area contributed by atoms with Crippen molar-refractivity contribution < 1.29 is 13.6 Å². The smallest absolute Gasteiger partial charge is 0.240 e. The van der Waals surface area contributed by atoms with E-state index in [4.69, 9.17) is 0 Å². The molecule has 1 unspecified atom stereocenters. The highest BCUT2D eigenvalue weighted by Crippen LogP contribution is 2.27. The number of rotatable bonds is 6. The molecule has 3 nitrogen and oxygen atoms in total. The highest BCUT2D eigenvalue weighted by atomic mass is 19.1. The van der Waals surface area contributed by atoms with E-state index in [2.05, 4.69) is 11.0 Å². The zero-order chi connectivity index (χ0) is 22.3. The lowest BCUT2D eigenvalue weighted by Crippen LogP contribution is -2.51. The average Bonchev–Trinajstić information content (AvgIpc) is 2.84. The molecule has 0 radical (unpaired) electrons. The lowest BCUT2D eigenvalue weighted by molar-refractivity contribution is -0.138. The first-order chi connectivity index (χ1) is 15.6. The maximum absolute atomic E-state index is 13.5. The van der Waals surface area contributed by atoms with Crippen LogP contribution in [0.1, 0.15) is 56.1 Å². The lowest BCUT2D eigenvalue weighted by Gasteiger charge is -2.37. The molecule has 0 saturated carbocycles. The summed E-state index contributed by atoms with van der Waals surface area (Å²) in [5.41, 5.74) is 2.63. The number of halogens is 2. The minimum atomic E-state index is -0.293. The summed E-state index contributed by atoms with van der Waals surface area (Å²) in [6.07, 6.45) is 9.47. The van der Waals surface area contributed by atoms with Gasteiger partial charge < -0.3 is 4.90 Å². The highest BCUT2D eigenvalue weighted by Gasteiger charge is 2.30. The molecule has 0 spiro atoms. The van der Waals surface area contributed by atoms with Crippen molar-refractivity contribution in [3.8, 4) is 0 Å². The van der Waals surface area contributed by atoms with Crippen LogP contribution in [-0.4, -0.2) is 47.9 Å². The Morgan fingerprint density at radius 3 is 1.72 bits per heavy atom. The van der Waals surface area contributed by atoms with Crippen molar-refractivity contribution in [3.05, 3.63) is 77.4 Å². The Hall–Kier alpha value is -2.53. The third-order valence-electron chi connectivity index (χ3n) is 6.64. The van der Waals surface area contributed by atoms with Crippen LogP contribution in [0.4, 0.5) is 8.78 Å². The van der Waals surface area contributed by atoms with Crippen molar-refractivity contribution in [1.29, 1.82) is 0 Å². The minimum absolute atomic E-state index is 0.190. The first kappa shape index (κ1) is 22.7. The van der Waals surface area contributed by atoms with E-state index >= 15 is 0 Å². The van der Waals surface area contributed by atoms with E-state index < -0.39 is 0 Å². The van der Waals surface area contributed by atoms with Crippen LogP contribution in [0.3, 0.4) is 0 Å². The normalized spacial score (nSPS) is 18.2. The van der Waals surface area contributed by atoms with Crippen LogP contribution < -0.4 is 0 Å². The molecule has 0 N–H and O–H groups in total. The predicted molar refractivity (Wildman–Crippen MR) is 124 cm³/mol. The van der Waals surface area contributed by atoms with Crippen LogP contribution in [0, 0.1) is 11.6 Å². The molecule has 2 aliphatic rings. The van der Waals surface area contributed by atoms with Gasteiger partial charge in [-0.2, -0.15) is 0 Å². The third kappa shape index (κ3) is 5.63. The van der Waals surface area contributed by atoms with Crippen LogP contribution in [0.5, 0.6) is 0 Å². The largest absolute Gasteiger partial charge is 0.341 e. The van der Waals surface area contributed by atoms with E-state index in [0.717, 1.165) is 68.6 Å². The Morgan fingerprint density at radius 1 is 0.750 bits per heavy atom. The van der Waals surface area contributed by atoms with E-state index in [0.29, 0.717) is 6.42 Å². The molecular formula is C27H32F2N2O. The van der Waals surface area contributed by atoms with Crippen molar-refractivity contribution in [1.82, 2.24) is 9.80 Å². The number of likely N-dealkylation sites (tertiary alicyclic amines) is 2. The molecule has 5 heteroatoms. The highest BCUT2D eigenvalue weighted by molar-refractivity contribution is 5.84. The summed E-state index contributed by atoms with van der Waals surface area (Å²) in [6, 6.07) is 12.5. The number of hydrogen-bond acceptors (Lipinski definition) is 2. The Bertz CT molecular complexity index is 864. The molecule has 2 aliphatic heterocycles. The third-order valence-corrected chi connectivity index (χ3v) is 6.64. The zero-order valence-corrected chi connectivity index (χ0v) is 18.6. The lowest BCUT2D eigenvalue weighted by atomic mass is 9.94. The number of amides is 1. The van der Waals surface area contributed by atoms with Gasteiger partial charge in [-0.15, -0.1) is 0 Å². The number of carbonyl (C=O) groups is 1. The van der Waals surface area contributed by atoms with Crippen LogP contribution in [0.15, 0.2) is 54.6 Å². The minimum Gasteiger partial charge on any atom is -0.341 e. The Morgan fingerprint density at radius 2 is 1.22 bits per heavy atom. The maximum atomic E-state index is 13.5. The monoisotopic (exact) mass is 438 g/mol. The topological polar surface area (TPSA) is 23.6 Å². The average molecular weight is 439 g/mol. The number of nitrogens with zero attached hydrogens (tertiary/aromatic N) is 2. The molecule has 1 amide bonds. The molecule has 2 aromatic rings. The summed E-state index contributed by atoms with van der Waals surface area (Å²) in [7, 11) is 0. The number of benzene rings is 2. The van der Waals surface area contributed by atoms with Crippen molar-refractivity contribution in [2.75, 3.05) is 26.2 Å². The maximum Gasteiger partial charge on any atom is 0.240 e. The number of hydrogen-bond donors (Lipinski definition) is 0. The fourth-order valence-corrected chi connectivity index (χ4v) is 4.85. The second kappa shape index (κ2) is 10.9. The molecule has 0 aromatic heterocycles. The predicted octanol–water partition coefficient (Wildman–Crippen LogP) is 5.65. The Balaban J connectivity index is 1.64. The molecule has 0 aliphatic carbocycles. The molecule has 2 heterocycles. The molecular weight excluding hydrogens is 406 g/mol. The zero-order valence-electron chi connectivity index (χ0n) is 18.6. The van der Waals surface area contributed by atoms with Gasteiger partial charge in [0.2, 0.25) is 5.91 Å². The van der Waals surface area contributed by atoms with Crippen molar-refractivity contribution in [3.63, 3.8) is 0 Å². The van der Waals surface area contributed by atoms with Gasteiger partial charge in [-0.3, -0.25) is 9.69 Å². The van der Waals surface area contributed by atoms with E-state index in [1.807, 2.05) is 4.90 Å². The quantitative estimate of drug-likeness (QED) is 0.582. The Kier molecular flexibility index (Phi) is 7.69. The second-order valence-corrected chi connectivity index (χ2v) is 8.87. The SMILES string of the molecule is O=C(C(CC=C(c1ccc(F)cc1)c1ccc(F)cc1)N1CCCCC1)N1CCCCC1. The molecule has 32 heavy (non-hydrogen) atoms. The van der Waals surface area contributed by atoms with E-state index in [1.165, 1.54) is 37.1 Å². The summed E-state index contributed by atoms with van der Waals surface area (Å²) in [5.74, 6) is -0.363. The van der Waals surface area contributed by atoms with E-state index in [-0.39, 0.29) is 23.6 Å². The van der Waals surface area contributed by atoms with Gasteiger partial charge in [-0.05, 0) is 92.6 Å².